The van der Waals surface area contributed by atoms with Gasteiger partial charge in [-0.2, -0.15) is 0 Å². The summed E-state index contributed by atoms with van der Waals surface area (Å²) >= 11 is 0. The molecule has 1 saturated heterocycles. The van der Waals surface area contributed by atoms with Crippen LogP contribution in [0.15, 0.2) is 4.99 Å². The Hall–Kier alpha value is -4.56. The fraction of sp³-hybridized carbons (Fsp3) is 0.733. The van der Waals surface area contributed by atoms with Gasteiger partial charge in [-0.1, -0.05) is 0 Å². The van der Waals surface area contributed by atoms with E-state index in [2.05, 4.69) is 26.3 Å². The molecule has 0 spiro atoms. The Morgan fingerprint density at radius 3 is 2.04 bits per heavy atom. The third-order valence-corrected chi connectivity index (χ3v) is 8.14. The number of amides is 6. The molecule has 0 radical (unpaired) electrons. The summed E-state index contributed by atoms with van der Waals surface area (Å²) in [5, 5.41) is 29.3. The van der Waals surface area contributed by atoms with Crippen molar-refractivity contribution < 1.29 is 43.8 Å². The number of carbonyl (C=O) groups is 7. The van der Waals surface area contributed by atoms with Crippen LogP contribution in [0.5, 0.6) is 0 Å². The molecule has 0 aromatic carbocycles. The van der Waals surface area contributed by atoms with E-state index in [1.54, 1.807) is 0 Å². The van der Waals surface area contributed by atoms with Crippen LogP contribution >= 0.6 is 0 Å². The zero-order valence-electron chi connectivity index (χ0n) is 29.2. The van der Waals surface area contributed by atoms with Gasteiger partial charge < -0.3 is 64.2 Å². The summed E-state index contributed by atoms with van der Waals surface area (Å²) in [5.74, 6) is -5.62. The van der Waals surface area contributed by atoms with Crippen LogP contribution in [0.1, 0.15) is 65.7 Å². The smallest absolute Gasteiger partial charge is 0.326 e. The van der Waals surface area contributed by atoms with Crippen LogP contribution in [0.4, 0.5) is 0 Å². The standard InChI is InChI=1S/C30H55N11O9/c1-16(32)23(43)36-17(2)24(44)38-19(9-7-13-35-30(33)34)28(48)40(4)21(10-5-6-12-31)26(46)39-20(15-42)25(45)37-18(3)27(47)41-14-8-11-22(41)29(49)50/h16-22,42H,5-15,31-32H2,1-4H3,(H,36,43)(H,37,45)(H,38,44)(H,39,46)(H,49,50)(H4,33,34,35)/t16-,17-,18-,19-,20-,21-,22-/m0/s1. The summed E-state index contributed by atoms with van der Waals surface area (Å²) in [6.45, 7) is 3.99. The molecule has 1 heterocycles. The number of aliphatic hydroxyl groups excluding tert-OH is 1. The number of hydrogen-bond acceptors (Lipinski definition) is 11. The lowest BCUT2D eigenvalue weighted by atomic mass is 10.0. The molecule has 0 unspecified atom stereocenters. The van der Waals surface area contributed by atoms with Gasteiger partial charge in [0.25, 0.3) is 0 Å². The number of carbonyl (C=O) groups excluding carboxylic acids is 6. The predicted molar refractivity (Wildman–Crippen MR) is 182 cm³/mol. The second kappa shape index (κ2) is 21.5. The molecule has 1 aliphatic rings. The SMILES string of the molecule is C[C@H](N)C(=O)N[C@@H](C)C(=O)N[C@@H](CCCN=C(N)N)C(=O)N(C)[C@@H](CCCCN)C(=O)N[C@@H](CO)C(=O)N[C@@H](C)C(=O)N1CCC[C@H]1C(=O)O. The monoisotopic (exact) mass is 713 g/mol. The van der Waals surface area contributed by atoms with E-state index in [0.717, 1.165) is 9.80 Å². The molecule has 20 nitrogen and oxygen atoms in total. The van der Waals surface area contributed by atoms with Crippen LogP contribution in [0.25, 0.3) is 0 Å². The first kappa shape index (κ1) is 43.5. The Morgan fingerprint density at radius 1 is 0.860 bits per heavy atom. The van der Waals surface area contributed by atoms with Crippen LogP contribution in [0.3, 0.4) is 0 Å². The van der Waals surface area contributed by atoms with Crippen molar-refractivity contribution in [3.63, 3.8) is 0 Å². The quantitative estimate of drug-likeness (QED) is 0.0304. The van der Waals surface area contributed by atoms with Gasteiger partial charge in [-0.05, 0) is 72.3 Å². The van der Waals surface area contributed by atoms with Gasteiger partial charge in [0.1, 0.15) is 36.3 Å². The van der Waals surface area contributed by atoms with E-state index in [9.17, 15) is 43.8 Å². The van der Waals surface area contributed by atoms with Crippen LogP contribution in [0, 0.1) is 0 Å². The Balaban J connectivity index is 3.17. The number of likely N-dealkylation sites (tertiary alicyclic amines) is 1. The first-order valence-electron chi connectivity index (χ1n) is 16.6. The summed E-state index contributed by atoms with van der Waals surface area (Å²) in [4.78, 5) is 96.1. The highest BCUT2D eigenvalue weighted by Crippen LogP contribution is 2.18. The highest BCUT2D eigenvalue weighted by atomic mass is 16.4. The second-order valence-corrected chi connectivity index (χ2v) is 12.3. The number of aliphatic hydroxyl groups is 1. The molecule has 1 aliphatic heterocycles. The molecule has 0 saturated carbocycles. The molecule has 50 heavy (non-hydrogen) atoms. The molecule has 7 atom stereocenters. The molecule has 0 aromatic rings. The number of nitrogens with two attached hydrogens (primary N) is 4. The molecule has 284 valence electrons. The van der Waals surface area contributed by atoms with Crippen molar-refractivity contribution in [2.75, 3.05) is 33.3 Å². The van der Waals surface area contributed by atoms with Crippen molar-refractivity contribution in [2.45, 2.75) is 108 Å². The van der Waals surface area contributed by atoms with Gasteiger partial charge in [-0.3, -0.25) is 33.8 Å². The van der Waals surface area contributed by atoms with E-state index in [1.165, 1.54) is 27.8 Å². The highest BCUT2D eigenvalue weighted by molar-refractivity contribution is 5.97. The molecule has 6 amide bonds. The van der Waals surface area contributed by atoms with E-state index in [4.69, 9.17) is 22.9 Å². The topological polar surface area (TPSA) is 331 Å². The molecular formula is C30H55N11O9. The van der Waals surface area contributed by atoms with Crippen molar-refractivity contribution in [3.05, 3.63) is 0 Å². The number of rotatable bonds is 21. The summed E-state index contributed by atoms with van der Waals surface area (Å²) in [5.41, 5.74) is 22.0. The van der Waals surface area contributed by atoms with Crippen LogP contribution < -0.4 is 44.2 Å². The Labute approximate surface area is 291 Å². The van der Waals surface area contributed by atoms with Gasteiger partial charge in [0.2, 0.25) is 35.4 Å². The number of nitrogens with zero attached hydrogens (tertiary/aromatic N) is 3. The Kier molecular flexibility index (Phi) is 18.7. The molecule has 0 aromatic heterocycles. The van der Waals surface area contributed by atoms with Gasteiger partial charge >= 0.3 is 5.97 Å². The molecule has 0 aliphatic carbocycles. The Morgan fingerprint density at radius 2 is 1.48 bits per heavy atom. The fourth-order valence-electron chi connectivity index (χ4n) is 5.22. The molecular weight excluding hydrogens is 658 g/mol. The zero-order chi connectivity index (χ0) is 38.1. The minimum atomic E-state index is -1.53. The van der Waals surface area contributed by atoms with Crippen LogP contribution in [-0.4, -0.2) is 143 Å². The number of aliphatic imine (C=N–C) groups is 1. The first-order chi connectivity index (χ1) is 23.5. The number of guanidine groups is 1. The average Bonchev–Trinajstić information content (AvgIpc) is 3.56. The van der Waals surface area contributed by atoms with Crippen molar-refractivity contribution in [1.82, 2.24) is 31.1 Å². The number of carboxylic acids is 1. The lowest BCUT2D eigenvalue weighted by Gasteiger charge is -2.32. The largest absolute Gasteiger partial charge is 0.480 e. The molecule has 20 heteroatoms. The minimum Gasteiger partial charge on any atom is -0.480 e. The molecule has 1 rings (SSSR count). The number of carboxylic acid groups (broad SMARTS) is 1. The zero-order valence-corrected chi connectivity index (χ0v) is 29.2. The maximum absolute atomic E-state index is 13.8. The number of nitrogens with one attached hydrogen (secondary N) is 4. The van der Waals surface area contributed by atoms with E-state index in [-0.39, 0.29) is 44.7 Å². The van der Waals surface area contributed by atoms with Crippen LogP contribution in [0.2, 0.25) is 0 Å². The maximum atomic E-state index is 13.8. The first-order valence-corrected chi connectivity index (χ1v) is 16.6. The third kappa shape index (κ3) is 13.7. The molecule has 0 bridgehead atoms. The van der Waals surface area contributed by atoms with E-state index < -0.39 is 90.3 Å². The number of hydrogen-bond donors (Lipinski definition) is 10. The van der Waals surface area contributed by atoms with E-state index in [0.29, 0.717) is 25.8 Å². The van der Waals surface area contributed by atoms with Crippen molar-refractivity contribution in [1.29, 1.82) is 0 Å². The van der Waals surface area contributed by atoms with Gasteiger partial charge in [0.05, 0.1) is 12.6 Å². The summed E-state index contributed by atoms with van der Waals surface area (Å²) in [6, 6.07) is -8.04. The molecule has 14 N–H and O–H groups in total. The number of unbranched alkanes of at least 4 members (excludes halogenated alkanes) is 1. The summed E-state index contributed by atoms with van der Waals surface area (Å²) < 4.78 is 0. The average molecular weight is 714 g/mol. The number of aliphatic carboxylic acids is 1. The lowest BCUT2D eigenvalue weighted by Crippen LogP contribution is -2.60. The van der Waals surface area contributed by atoms with Crippen molar-refractivity contribution >= 4 is 47.4 Å². The fourth-order valence-corrected chi connectivity index (χ4v) is 5.22. The normalized spacial score (nSPS) is 17.6. The van der Waals surface area contributed by atoms with Gasteiger partial charge in [0, 0.05) is 20.1 Å². The second-order valence-electron chi connectivity index (χ2n) is 12.3. The van der Waals surface area contributed by atoms with Crippen LogP contribution in [-0.2, 0) is 33.6 Å². The maximum Gasteiger partial charge on any atom is 0.326 e. The lowest BCUT2D eigenvalue weighted by molar-refractivity contribution is -0.149. The van der Waals surface area contributed by atoms with Gasteiger partial charge in [-0.15, -0.1) is 0 Å². The number of likely N-dealkylation sites (N-methyl/N-ethyl adjacent to an activating group) is 1. The molecule has 1 fully saturated rings. The van der Waals surface area contributed by atoms with Gasteiger partial charge in [0.15, 0.2) is 5.96 Å². The van der Waals surface area contributed by atoms with Gasteiger partial charge in [-0.25, -0.2) is 4.79 Å². The Bertz CT molecular complexity index is 1230. The summed E-state index contributed by atoms with van der Waals surface area (Å²) in [6.07, 6.45) is 2.06. The third-order valence-electron chi connectivity index (χ3n) is 8.14. The predicted octanol–water partition coefficient (Wildman–Crippen LogP) is -4.61. The van der Waals surface area contributed by atoms with Crippen molar-refractivity contribution in [3.8, 4) is 0 Å². The van der Waals surface area contributed by atoms with Crippen molar-refractivity contribution in [2.24, 2.45) is 27.9 Å². The summed E-state index contributed by atoms with van der Waals surface area (Å²) in [7, 11) is 1.34. The van der Waals surface area contributed by atoms with E-state index in [1.807, 2.05) is 0 Å². The minimum absolute atomic E-state index is 0.0458. The highest BCUT2D eigenvalue weighted by Gasteiger charge is 2.38. The van der Waals surface area contributed by atoms with E-state index >= 15 is 0 Å².